The van der Waals surface area contributed by atoms with E-state index < -0.39 is 0 Å². The molecule has 0 radical (unpaired) electrons. The van der Waals surface area contributed by atoms with Crippen LogP contribution >= 0.6 is 0 Å². The molecule has 0 N–H and O–H groups in total. The van der Waals surface area contributed by atoms with Gasteiger partial charge in [-0.1, -0.05) is 133 Å². The molecule has 0 aliphatic heterocycles. The predicted octanol–water partition coefficient (Wildman–Crippen LogP) is 12.2. The van der Waals surface area contributed by atoms with Gasteiger partial charge in [-0.25, -0.2) is 15.0 Å². The van der Waals surface area contributed by atoms with Crippen LogP contribution in [-0.4, -0.2) is 19.5 Å². The largest absolute Gasteiger partial charge is 0.454 e. The average Bonchev–Trinajstić information content (AvgIpc) is 3.76. The van der Waals surface area contributed by atoms with Crippen molar-refractivity contribution in [2.45, 2.75) is 0 Å². The number of nitrogens with zero attached hydrogens (tertiary/aromatic N) is 4. The molecule has 0 amide bonds. The second-order valence-electron chi connectivity index (χ2n) is 13.2. The molecular formula is C47H28N4O. The van der Waals surface area contributed by atoms with Crippen molar-refractivity contribution in [1.29, 1.82) is 0 Å². The highest BCUT2D eigenvalue weighted by atomic mass is 16.3. The Hall–Kier alpha value is -7.11. The fourth-order valence-electron chi connectivity index (χ4n) is 7.77. The Labute approximate surface area is 298 Å². The van der Waals surface area contributed by atoms with Gasteiger partial charge in [-0.3, -0.25) is 0 Å². The molecule has 0 aliphatic rings. The van der Waals surface area contributed by atoms with E-state index in [1.807, 2.05) is 60.7 Å². The van der Waals surface area contributed by atoms with Crippen molar-refractivity contribution >= 4 is 65.3 Å². The molecular weight excluding hydrogens is 637 g/mol. The number of hydrogen-bond acceptors (Lipinski definition) is 4. The molecule has 3 heterocycles. The van der Waals surface area contributed by atoms with Gasteiger partial charge >= 0.3 is 0 Å². The minimum Gasteiger partial charge on any atom is -0.454 e. The SMILES string of the molecule is c1ccc(-c2nc(-c3ccccc3)nc(-c3ccc4c(c3)oc3c(-n5c6ccccc6c6cc7ccccc7cc65)cc5ccccc5c34)n2)cc1. The number of fused-ring (bicyclic) bond motifs is 9. The highest BCUT2D eigenvalue weighted by Gasteiger charge is 2.21. The third-order valence-electron chi connectivity index (χ3n) is 10.2. The highest BCUT2D eigenvalue weighted by Crippen LogP contribution is 2.43. The van der Waals surface area contributed by atoms with Crippen LogP contribution < -0.4 is 0 Å². The summed E-state index contributed by atoms with van der Waals surface area (Å²) in [4.78, 5) is 14.9. The van der Waals surface area contributed by atoms with E-state index in [4.69, 9.17) is 19.4 Å². The first-order chi connectivity index (χ1) is 25.8. The molecule has 5 heteroatoms. The molecule has 5 nitrogen and oxygen atoms in total. The third kappa shape index (κ3) is 4.39. The lowest BCUT2D eigenvalue weighted by Crippen LogP contribution is -2.00. The second kappa shape index (κ2) is 11.2. The van der Waals surface area contributed by atoms with E-state index in [9.17, 15) is 0 Å². The zero-order valence-corrected chi connectivity index (χ0v) is 27.9. The molecule has 0 fully saturated rings. The molecule has 0 spiro atoms. The summed E-state index contributed by atoms with van der Waals surface area (Å²) in [5.41, 5.74) is 7.63. The van der Waals surface area contributed by atoms with E-state index in [-0.39, 0.29) is 0 Å². The Bertz CT molecular complexity index is 3120. The number of furan rings is 1. The first-order valence-corrected chi connectivity index (χ1v) is 17.4. The summed E-state index contributed by atoms with van der Waals surface area (Å²) in [6.45, 7) is 0. The van der Waals surface area contributed by atoms with Gasteiger partial charge in [0.1, 0.15) is 5.58 Å². The van der Waals surface area contributed by atoms with Crippen molar-refractivity contribution in [1.82, 2.24) is 19.5 Å². The number of hydrogen-bond donors (Lipinski definition) is 0. The van der Waals surface area contributed by atoms with Crippen molar-refractivity contribution in [2.24, 2.45) is 0 Å². The monoisotopic (exact) mass is 664 g/mol. The number of rotatable bonds is 4. The summed E-state index contributed by atoms with van der Waals surface area (Å²) in [6.07, 6.45) is 0. The van der Waals surface area contributed by atoms with Crippen LogP contribution in [0.3, 0.4) is 0 Å². The van der Waals surface area contributed by atoms with Gasteiger partial charge in [0, 0.05) is 38.2 Å². The van der Waals surface area contributed by atoms with E-state index in [2.05, 4.69) is 114 Å². The quantitative estimate of drug-likeness (QED) is 0.188. The lowest BCUT2D eigenvalue weighted by atomic mass is 10.0. The van der Waals surface area contributed by atoms with Crippen molar-refractivity contribution < 1.29 is 4.42 Å². The lowest BCUT2D eigenvalue weighted by molar-refractivity contribution is 0.667. The lowest BCUT2D eigenvalue weighted by Gasteiger charge is -2.11. The van der Waals surface area contributed by atoms with Crippen molar-refractivity contribution in [3.63, 3.8) is 0 Å². The Balaban J connectivity index is 1.19. The molecule has 0 bridgehead atoms. The fourth-order valence-corrected chi connectivity index (χ4v) is 7.77. The van der Waals surface area contributed by atoms with E-state index in [1.165, 1.54) is 21.5 Å². The Morgan fingerprint density at radius 1 is 0.385 bits per heavy atom. The molecule has 0 atom stereocenters. The van der Waals surface area contributed by atoms with Crippen LogP contribution in [-0.2, 0) is 0 Å². The van der Waals surface area contributed by atoms with Crippen LogP contribution in [0.4, 0.5) is 0 Å². The molecule has 0 unspecified atom stereocenters. The van der Waals surface area contributed by atoms with Gasteiger partial charge in [-0.15, -0.1) is 0 Å². The van der Waals surface area contributed by atoms with Gasteiger partial charge in [0.2, 0.25) is 0 Å². The van der Waals surface area contributed by atoms with Crippen molar-refractivity contribution in [2.75, 3.05) is 0 Å². The maximum absolute atomic E-state index is 7.00. The molecule has 0 saturated carbocycles. The van der Waals surface area contributed by atoms with Gasteiger partial charge in [0.15, 0.2) is 23.1 Å². The maximum atomic E-state index is 7.00. The molecule has 0 aliphatic carbocycles. The summed E-state index contributed by atoms with van der Waals surface area (Å²) >= 11 is 0. The smallest absolute Gasteiger partial charge is 0.164 e. The fraction of sp³-hybridized carbons (Fsp3) is 0. The predicted molar refractivity (Wildman–Crippen MR) is 213 cm³/mol. The maximum Gasteiger partial charge on any atom is 0.164 e. The van der Waals surface area contributed by atoms with E-state index in [0.717, 1.165) is 66.1 Å². The summed E-state index contributed by atoms with van der Waals surface area (Å²) < 4.78 is 9.38. The Kier molecular flexibility index (Phi) is 6.18. The number of para-hydroxylation sites is 1. The summed E-state index contributed by atoms with van der Waals surface area (Å²) in [6, 6.07) is 59.2. The molecule has 11 rings (SSSR count). The van der Waals surface area contributed by atoms with E-state index >= 15 is 0 Å². The molecule has 52 heavy (non-hydrogen) atoms. The first kappa shape index (κ1) is 28.7. The second-order valence-corrected chi connectivity index (χ2v) is 13.2. The Morgan fingerprint density at radius 3 is 1.67 bits per heavy atom. The van der Waals surface area contributed by atoms with Crippen LogP contribution in [0.25, 0.3) is 105 Å². The van der Waals surface area contributed by atoms with Crippen molar-refractivity contribution in [3.8, 4) is 39.9 Å². The Morgan fingerprint density at radius 2 is 0.962 bits per heavy atom. The van der Waals surface area contributed by atoms with Gasteiger partial charge in [0.05, 0.1) is 16.7 Å². The van der Waals surface area contributed by atoms with Crippen LogP contribution in [0.5, 0.6) is 0 Å². The van der Waals surface area contributed by atoms with Crippen LogP contribution in [0.15, 0.2) is 174 Å². The van der Waals surface area contributed by atoms with Gasteiger partial charge in [0.25, 0.3) is 0 Å². The average molecular weight is 665 g/mol. The zero-order valence-electron chi connectivity index (χ0n) is 27.9. The van der Waals surface area contributed by atoms with Gasteiger partial charge < -0.3 is 8.98 Å². The van der Waals surface area contributed by atoms with Crippen LogP contribution in [0.2, 0.25) is 0 Å². The molecule has 8 aromatic carbocycles. The minimum atomic E-state index is 0.592. The normalized spacial score (nSPS) is 11.8. The number of aromatic nitrogens is 4. The first-order valence-electron chi connectivity index (χ1n) is 17.4. The summed E-state index contributed by atoms with van der Waals surface area (Å²) in [5, 5.41) is 9.29. The third-order valence-corrected chi connectivity index (χ3v) is 10.2. The summed E-state index contributed by atoms with van der Waals surface area (Å²) in [7, 11) is 0. The number of benzene rings is 8. The van der Waals surface area contributed by atoms with Crippen LogP contribution in [0, 0.1) is 0 Å². The summed E-state index contributed by atoms with van der Waals surface area (Å²) in [5.74, 6) is 1.84. The van der Waals surface area contributed by atoms with Crippen LogP contribution in [0.1, 0.15) is 0 Å². The molecule has 3 aromatic heterocycles. The van der Waals surface area contributed by atoms with Gasteiger partial charge in [-0.2, -0.15) is 0 Å². The molecule has 242 valence electrons. The highest BCUT2D eigenvalue weighted by molar-refractivity contribution is 6.23. The van der Waals surface area contributed by atoms with Gasteiger partial charge in [-0.05, 0) is 57.9 Å². The minimum absolute atomic E-state index is 0.592. The molecule has 0 saturated heterocycles. The molecule has 11 aromatic rings. The van der Waals surface area contributed by atoms with E-state index in [1.54, 1.807) is 0 Å². The van der Waals surface area contributed by atoms with Crippen molar-refractivity contribution in [3.05, 3.63) is 170 Å². The standard InChI is InChI=1S/C47H28N4O/c1-3-13-29(14-4-1)45-48-46(30-15-5-2-6-16-30)50-47(49-45)34-23-24-37-42(28-34)52-44-41(27-33-19-9-10-20-35(33)43(37)44)51-39-22-12-11-21-36(39)38-25-31-17-7-8-18-32(31)26-40(38)51/h1-28H. The van der Waals surface area contributed by atoms with E-state index in [0.29, 0.717) is 17.5 Å². The zero-order chi connectivity index (χ0) is 34.2. The topological polar surface area (TPSA) is 56.7 Å².